The van der Waals surface area contributed by atoms with Gasteiger partial charge >= 0.3 is 6.03 Å². The summed E-state index contributed by atoms with van der Waals surface area (Å²) in [7, 11) is 1.69. The fourth-order valence-electron chi connectivity index (χ4n) is 2.85. The van der Waals surface area contributed by atoms with E-state index >= 15 is 0 Å². The molecule has 9 heteroatoms. The van der Waals surface area contributed by atoms with Crippen LogP contribution in [0.15, 0.2) is 30.9 Å². The number of nitrogens with zero attached hydrogens (tertiary/aromatic N) is 5. The maximum absolute atomic E-state index is 14.1. The molecule has 0 atom stereocenters. The lowest BCUT2D eigenvalue weighted by molar-refractivity contribution is 0.222. The number of H-pyrrole nitrogens is 1. The Bertz CT molecular complexity index is 900. The van der Waals surface area contributed by atoms with Crippen LogP contribution in [0.4, 0.5) is 14.9 Å². The Labute approximate surface area is 156 Å². The number of benzene rings is 1. The van der Waals surface area contributed by atoms with Crippen molar-refractivity contribution in [1.29, 1.82) is 0 Å². The highest BCUT2D eigenvalue weighted by molar-refractivity contribution is 5.89. The van der Waals surface area contributed by atoms with Crippen molar-refractivity contribution in [2.24, 2.45) is 0 Å². The Balaban J connectivity index is 1.59. The highest BCUT2D eigenvalue weighted by atomic mass is 19.1. The number of aryl methyl sites for hydroxylation is 2. The Hall–Kier alpha value is -3.23. The molecule has 2 amide bonds. The van der Waals surface area contributed by atoms with E-state index in [0.29, 0.717) is 12.2 Å². The molecule has 0 unspecified atom stereocenters. The molecule has 0 fully saturated rings. The number of aromatic nitrogens is 5. The number of urea groups is 1. The van der Waals surface area contributed by atoms with Crippen molar-refractivity contribution in [3.05, 3.63) is 53.6 Å². The molecular weight excluding hydrogens is 349 g/mol. The van der Waals surface area contributed by atoms with E-state index in [9.17, 15) is 9.18 Å². The molecule has 0 spiro atoms. The smallest absolute Gasteiger partial charge is 0.321 e. The van der Waals surface area contributed by atoms with E-state index in [-0.39, 0.29) is 11.7 Å². The number of amides is 2. The van der Waals surface area contributed by atoms with Gasteiger partial charge in [-0.3, -0.25) is 9.67 Å². The lowest BCUT2D eigenvalue weighted by Crippen LogP contribution is -2.32. The summed E-state index contributed by atoms with van der Waals surface area (Å²) >= 11 is 0. The van der Waals surface area contributed by atoms with Crippen molar-refractivity contribution in [3.8, 4) is 5.69 Å². The maximum atomic E-state index is 14.1. The molecule has 0 saturated heterocycles. The Morgan fingerprint density at radius 1 is 1.30 bits per heavy atom. The van der Waals surface area contributed by atoms with Gasteiger partial charge < -0.3 is 10.2 Å². The molecule has 2 N–H and O–H groups in total. The molecule has 2 heterocycles. The molecule has 8 nitrogen and oxygen atoms in total. The first kappa shape index (κ1) is 18.6. The summed E-state index contributed by atoms with van der Waals surface area (Å²) in [5.74, 6) is -0.502. The van der Waals surface area contributed by atoms with Gasteiger partial charge in [-0.25, -0.2) is 9.18 Å². The normalized spacial score (nSPS) is 10.8. The Morgan fingerprint density at radius 3 is 2.70 bits per heavy atom. The number of anilines is 1. The standard InChI is InChI=1S/C18H22FN7O/c1-12-15(13(2)24-23-12)5-4-8-25(3)18(27)22-17-9-14(6-7-16(17)19)26-10-20-21-11-26/h6-7,9-11H,4-5,8H2,1-3H3,(H,22,27)(H,23,24). The molecule has 2 aromatic heterocycles. The first-order chi connectivity index (χ1) is 13.0. The van der Waals surface area contributed by atoms with Gasteiger partial charge in [-0.05, 0) is 50.5 Å². The number of hydrogen-bond donors (Lipinski definition) is 2. The van der Waals surface area contributed by atoms with E-state index in [4.69, 9.17) is 0 Å². The molecule has 3 aromatic rings. The second-order valence-corrected chi connectivity index (χ2v) is 6.40. The first-order valence-electron chi connectivity index (χ1n) is 8.63. The quantitative estimate of drug-likeness (QED) is 0.697. The second-order valence-electron chi connectivity index (χ2n) is 6.40. The molecule has 3 rings (SSSR count). The minimum Gasteiger partial charge on any atom is -0.328 e. The van der Waals surface area contributed by atoms with Crippen molar-refractivity contribution < 1.29 is 9.18 Å². The summed E-state index contributed by atoms with van der Waals surface area (Å²) in [6, 6.07) is 4.07. The number of rotatable bonds is 6. The average Bonchev–Trinajstić information content (AvgIpc) is 3.28. The van der Waals surface area contributed by atoms with Gasteiger partial charge in [0.15, 0.2) is 0 Å². The predicted molar refractivity (Wildman–Crippen MR) is 99.3 cm³/mol. The average molecular weight is 371 g/mol. The summed E-state index contributed by atoms with van der Waals surface area (Å²) in [5.41, 5.74) is 3.97. The maximum Gasteiger partial charge on any atom is 0.321 e. The van der Waals surface area contributed by atoms with E-state index in [2.05, 4.69) is 25.7 Å². The monoisotopic (exact) mass is 371 g/mol. The zero-order valence-electron chi connectivity index (χ0n) is 15.5. The Kier molecular flexibility index (Phi) is 5.49. The summed E-state index contributed by atoms with van der Waals surface area (Å²) in [5, 5.41) is 17.2. The van der Waals surface area contributed by atoms with Crippen LogP contribution in [0.25, 0.3) is 5.69 Å². The van der Waals surface area contributed by atoms with Crippen LogP contribution in [0.5, 0.6) is 0 Å². The van der Waals surface area contributed by atoms with E-state index < -0.39 is 5.82 Å². The van der Waals surface area contributed by atoms with E-state index in [0.717, 1.165) is 24.2 Å². The molecule has 0 radical (unpaired) electrons. The zero-order chi connectivity index (χ0) is 19.4. The number of carbonyl (C=O) groups is 1. The molecule has 0 aliphatic rings. The van der Waals surface area contributed by atoms with Gasteiger partial charge in [-0.2, -0.15) is 5.10 Å². The van der Waals surface area contributed by atoms with E-state index in [1.807, 2.05) is 13.8 Å². The van der Waals surface area contributed by atoms with Gasteiger partial charge in [-0.1, -0.05) is 0 Å². The van der Waals surface area contributed by atoms with Gasteiger partial charge in [0.1, 0.15) is 18.5 Å². The van der Waals surface area contributed by atoms with Crippen LogP contribution in [-0.2, 0) is 6.42 Å². The van der Waals surface area contributed by atoms with E-state index in [1.54, 1.807) is 23.7 Å². The third-order valence-electron chi connectivity index (χ3n) is 4.46. The van der Waals surface area contributed by atoms with Crippen molar-refractivity contribution in [2.45, 2.75) is 26.7 Å². The van der Waals surface area contributed by atoms with Crippen molar-refractivity contribution in [3.63, 3.8) is 0 Å². The molecule has 0 aliphatic carbocycles. The summed E-state index contributed by atoms with van der Waals surface area (Å²) in [4.78, 5) is 13.9. The lowest BCUT2D eigenvalue weighted by atomic mass is 10.1. The lowest BCUT2D eigenvalue weighted by Gasteiger charge is -2.18. The van der Waals surface area contributed by atoms with Crippen LogP contribution < -0.4 is 5.32 Å². The SMILES string of the molecule is Cc1n[nH]c(C)c1CCCN(C)C(=O)Nc1cc(-n2cnnc2)ccc1F. The van der Waals surface area contributed by atoms with Crippen molar-refractivity contribution in [1.82, 2.24) is 29.9 Å². The van der Waals surface area contributed by atoms with Gasteiger partial charge in [0.25, 0.3) is 0 Å². The fraction of sp³-hybridized carbons (Fsp3) is 0.333. The van der Waals surface area contributed by atoms with E-state index in [1.165, 1.54) is 29.2 Å². The van der Waals surface area contributed by atoms with Crippen LogP contribution >= 0.6 is 0 Å². The number of carbonyl (C=O) groups excluding carboxylic acids is 1. The molecule has 0 bridgehead atoms. The number of aromatic amines is 1. The van der Waals surface area contributed by atoms with Crippen molar-refractivity contribution in [2.75, 3.05) is 18.9 Å². The highest BCUT2D eigenvalue weighted by Crippen LogP contribution is 2.19. The number of nitrogens with one attached hydrogen (secondary N) is 2. The zero-order valence-corrected chi connectivity index (χ0v) is 15.5. The van der Waals surface area contributed by atoms with Crippen molar-refractivity contribution >= 4 is 11.7 Å². The van der Waals surface area contributed by atoms with Crippen LogP contribution in [0, 0.1) is 19.7 Å². The molecule has 27 heavy (non-hydrogen) atoms. The summed E-state index contributed by atoms with van der Waals surface area (Å²) in [6.45, 7) is 4.49. The van der Waals surface area contributed by atoms with Gasteiger partial charge in [0, 0.05) is 19.3 Å². The molecule has 1 aromatic carbocycles. The second kappa shape index (κ2) is 7.98. The number of hydrogen-bond acceptors (Lipinski definition) is 4. The summed E-state index contributed by atoms with van der Waals surface area (Å²) in [6.07, 6.45) is 4.62. The predicted octanol–water partition coefficient (Wildman–Crippen LogP) is 2.84. The highest BCUT2D eigenvalue weighted by Gasteiger charge is 2.13. The molecule has 0 saturated carbocycles. The van der Waals surface area contributed by atoms with Gasteiger partial charge in [-0.15, -0.1) is 10.2 Å². The van der Waals surface area contributed by atoms with Gasteiger partial charge in [0.2, 0.25) is 0 Å². The minimum absolute atomic E-state index is 0.111. The topological polar surface area (TPSA) is 91.7 Å². The third-order valence-corrected chi connectivity index (χ3v) is 4.46. The minimum atomic E-state index is -0.502. The Morgan fingerprint density at radius 2 is 2.04 bits per heavy atom. The third kappa shape index (κ3) is 4.30. The van der Waals surface area contributed by atoms with Crippen LogP contribution in [0.1, 0.15) is 23.4 Å². The number of halogens is 1. The first-order valence-corrected chi connectivity index (χ1v) is 8.63. The molecule has 142 valence electrons. The molecule has 0 aliphatic heterocycles. The largest absolute Gasteiger partial charge is 0.328 e. The molecular formula is C18H22FN7O. The van der Waals surface area contributed by atoms with Crippen LogP contribution in [-0.4, -0.2) is 49.5 Å². The van der Waals surface area contributed by atoms with Crippen LogP contribution in [0.2, 0.25) is 0 Å². The van der Waals surface area contributed by atoms with Crippen LogP contribution in [0.3, 0.4) is 0 Å². The van der Waals surface area contributed by atoms with Gasteiger partial charge in [0.05, 0.1) is 17.1 Å². The fourth-order valence-corrected chi connectivity index (χ4v) is 2.85. The summed E-state index contributed by atoms with van der Waals surface area (Å²) < 4.78 is 15.7.